The number of carbonyl (C=O) groups is 1. The molecule has 0 spiro atoms. The van der Waals surface area contributed by atoms with Gasteiger partial charge in [0.1, 0.15) is 0 Å². The van der Waals surface area contributed by atoms with Gasteiger partial charge in [-0.2, -0.15) is 0 Å². The van der Waals surface area contributed by atoms with Crippen LogP contribution in [-0.4, -0.2) is 23.4 Å². The molecule has 6 nitrogen and oxygen atoms in total. The molecule has 0 saturated heterocycles. The van der Waals surface area contributed by atoms with E-state index in [1.807, 2.05) is 6.92 Å². The van der Waals surface area contributed by atoms with Crippen LogP contribution in [0, 0.1) is 10.1 Å². The van der Waals surface area contributed by atoms with Gasteiger partial charge in [-0.1, -0.05) is 6.92 Å². The first kappa shape index (κ1) is 13.3. The van der Waals surface area contributed by atoms with E-state index in [1.165, 1.54) is 12.1 Å². The number of nitrogens with one attached hydrogen (secondary N) is 2. The third kappa shape index (κ3) is 3.43. The van der Waals surface area contributed by atoms with Gasteiger partial charge >= 0.3 is 0 Å². The summed E-state index contributed by atoms with van der Waals surface area (Å²) in [6.45, 7) is 2.74. The normalized spacial score (nSPS) is 13.9. The van der Waals surface area contributed by atoms with Crippen LogP contribution in [0.4, 0.5) is 11.4 Å². The molecule has 1 amide bonds. The highest BCUT2D eigenvalue weighted by atomic mass is 16.6. The Morgan fingerprint density at radius 1 is 1.47 bits per heavy atom. The van der Waals surface area contributed by atoms with Gasteiger partial charge in [0, 0.05) is 30.4 Å². The van der Waals surface area contributed by atoms with Crippen LogP contribution in [0.1, 0.15) is 36.5 Å². The zero-order chi connectivity index (χ0) is 13.8. The highest BCUT2D eigenvalue weighted by Gasteiger charge is 2.25. The Kier molecular flexibility index (Phi) is 3.99. The van der Waals surface area contributed by atoms with Crippen LogP contribution >= 0.6 is 0 Å². The molecular formula is C13H17N3O3. The molecule has 1 aromatic carbocycles. The summed E-state index contributed by atoms with van der Waals surface area (Å²) in [7, 11) is 0. The molecule has 1 aliphatic rings. The fraction of sp³-hybridized carbons (Fsp3) is 0.462. The van der Waals surface area contributed by atoms with E-state index in [9.17, 15) is 14.9 Å². The molecule has 102 valence electrons. The fourth-order valence-corrected chi connectivity index (χ4v) is 1.74. The van der Waals surface area contributed by atoms with Gasteiger partial charge in [0.2, 0.25) is 0 Å². The number of non-ortho nitro benzene ring substituents is 1. The summed E-state index contributed by atoms with van der Waals surface area (Å²) in [5, 5.41) is 16.8. The van der Waals surface area contributed by atoms with Crippen molar-refractivity contribution in [1.29, 1.82) is 0 Å². The molecule has 1 saturated carbocycles. The summed E-state index contributed by atoms with van der Waals surface area (Å²) in [5.74, 6) is -0.246. The molecular weight excluding hydrogens is 246 g/mol. The van der Waals surface area contributed by atoms with E-state index >= 15 is 0 Å². The number of hydrogen-bond acceptors (Lipinski definition) is 4. The van der Waals surface area contributed by atoms with Crippen molar-refractivity contribution >= 4 is 17.3 Å². The molecule has 1 aliphatic carbocycles. The lowest BCUT2D eigenvalue weighted by atomic mass is 10.1. The van der Waals surface area contributed by atoms with Crippen molar-refractivity contribution in [3.8, 4) is 0 Å². The Bertz CT molecular complexity index is 498. The summed E-state index contributed by atoms with van der Waals surface area (Å²) < 4.78 is 0. The van der Waals surface area contributed by atoms with E-state index < -0.39 is 4.92 Å². The number of nitro benzene ring substituents is 1. The third-order valence-electron chi connectivity index (χ3n) is 2.94. The number of amides is 1. The number of rotatable bonds is 6. The highest BCUT2D eigenvalue weighted by Crippen LogP contribution is 2.24. The maximum atomic E-state index is 12.1. The molecule has 1 aromatic rings. The second-order valence-corrected chi connectivity index (χ2v) is 4.66. The van der Waals surface area contributed by atoms with Crippen molar-refractivity contribution in [3.63, 3.8) is 0 Å². The molecule has 0 bridgehead atoms. The first-order chi connectivity index (χ1) is 9.11. The van der Waals surface area contributed by atoms with Gasteiger partial charge < -0.3 is 10.6 Å². The second kappa shape index (κ2) is 5.69. The van der Waals surface area contributed by atoms with Gasteiger partial charge in [-0.3, -0.25) is 14.9 Å². The highest BCUT2D eigenvalue weighted by molar-refractivity contribution is 6.00. The first-order valence-corrected chi connectivity index (χ1v) is 6.45. The summed E-state index contributed by atoms with van der Waals surface area (Å²) >= 11 is 0. The molecule has 6 heteroatoms. The van der Waals surface area contributed by atoms with Gasteiger partial charge in [-0.25, -0.2) is 0 Å². The maximum absolute atomic E-state index is 12.1. The first-order valence-electron chi connectivity index (χ1n) is 6.45. The lowest BCUT2D eigenvalue weighted by Gasteiger charge is -2.11. The lowest BCUT2D eigenvalue weighted by Crippen LogP contribution is -2.26. The molecule has 1 fully saturated rings. The maximum Gasteiger partial charge on any atom is 0.270 e. The van der Waals surface area contributed by atoms with Crippen molar-refractivity contribution in [1.82, 2.24) is 5.32 Å². The predicted octanol–water partition coefficient (Wildman–Crippen LogP) is 2.31. The zero-order valence-corrected chi connectivity index (χ0v) is 10.8. The number of hydrogen-bond donors (Lipinski definition) is 2. The Morgan fingerprint density at radius 3 is 2.79 bits per heavy atom. The van der Waals surface area contributed by atoms with Crippen LogP contribution in [0.3, 0.4) is 0 Å². The van der Waals surface area contributed by atoms with Crippen LogP contribution in [0.15, 0.2) is 18.2 Å². The predicted molar refractivity (Wildman–Crippen MR) is 72.4 cm³/mol. The monoisotopic (exact) mass is 263 g/mol. The van der Waals surface area contributed by atoms with E-state index in [-0.39, 0.29) is 17.6 Å². The smallest absolute Gasteiger partial charge is 0.270 e. The zero-order valence-electron chi connectivity index (χ0n) is 10.8. The van der Waals surface area contributed by atoms with E-state index in [4.69, 9.17) is 0 Å². The molecule has 0 aliphatic heterocycles. The topological polar surface area (TPSA) is 84.3 Å². The van der Waals surface area contributed by atoms with E-state index in [0.29, 0.717) is 11.3 Å². The van der Waals surface area contributed by atoms with E-state index in [0.717, 1.165) is 25.8 Å². The molecule has 2 N–H and O–H groups in total. The van der Waals surface area contributed by atoms with Crippen molar-refractivity contribution in [2.45, 2.75) is 32.2 Å². The van der Waals surface area contributed by atoms with Crippen molar-refractivity contribution in [2.24, 2.45) is 0 Å². The third-order valence-corrected chi connectivity index (χ3v) is 2.94. The fourth-order valence-electron chi connectivity index (χ4n) is 1.74. The van der Waals surface area contributed by atoms with Crippen LogP contribution in [0.25, 0.3) is 0 Å². The molecule has 0 atom stereocenters. The number of anilines is 1. The minimum Gasteiger partial charge on any atom is -0.384 e. The van der Waals surface area contributed by atoms with Gasteiger partial charge in [-0.05, 0) is 25.3 Å². The van der Waals surface area contributed by atoms with Crippen molar-refractivity contribution in [2.75, 3.05) is 11.9 Å². The van der Waals surface area contributed by atoms with Crippen molar-refractivity contribution < 1.29 is 9.72 Å². The van der Waals surface area contributed by atoms with Crippen LogP contribution < -0.4 is 10.6 Å². The summed E-state index contributed by atoms with van der Waals surface area (Å²) in [5.41, 5.74) is 0.920. The quantitative estimate of drug-likeness (QED) is 0.609. The number of carbonyl (C=O) groups excluding carboxylic acids is 1. The average molecular weight is 263 g/mol. The molecule has 0 radical (unpaired) electrons. The second-order valence-electron chi connectivity index (χ2n) is 4.66. The lowest BCUT2D eigenvalue weighted by molar-refractivity contribution is -0.384. The minimum atomic E-state index is -0.489. The Hall–Kier alpha value is -2.11. The van der Waals surface area contributed by atoms with E-state index in [2.05, 4.69) is 10.6 Å². The van der Waals surface area contributed by atoms with Crippen LogP contribution in [0.5, 0.6) is 0 Å². The number of nitrogens with zero attached hydrogens (tertiary/aromatic N) is 1. The molecule has 0 aromatic heterocycles. The Balaban J connectivity index is 2.25. The summed E-state index contributed by atoms with van der Waals surface area (Å²) in [6.07, 6.45) is 2.89. The van der Waals surface area contributed by atoms with Gasteiger partial charge in [0.05, 0.1) is 10.5 Å². The van der Waals surface area contributed by atoms with E-state index in [1.54, 1.807) is 6.07 Å². The van der Waals surface area contributed by atoms with Crippen LogP contribution in [0.2, 0.25) is 0 Å². The standard InChI is InChI=1S/C13H17N3O3/c1-2-7-14-12-6-5-10(16(18)19)8-11(12)13(17)15-9-3-4-9/h5-6,8-9,14H,2-4,7H2,1H3,(H,15,17). The Labute approximate surface area is 111 Å². The molecule has 2 rings (SSSR count). The van der Waals surface area contributed by atoms with Gasteiger partial charge in [0.25, 0.3) is 11.6 Å². The molecule has 0 heterocycles. The molecule has 0 unspecified atom stereocenters. The van der Waals surface area contributed by atoms with Gasteiger partial charge in [-0.15, -0.1) is 0 Å². The Morgan fingerprint density at radius 2 is 2.21 bits per heavy atom. The summed E-state index contributed by atoms with van der Waals surface area (Å²) in [6, 6.07) is 4.56. The number of nitro groups is 1. The summed E-state index contributed by atoms with van der Waals surface area (Å²) in [4.78, 5) is 22.4. The SMILES string of the molecule is CCCNc1ccc([N+](=O)[O-])cc1C(=O)NC1CC1. The van der Waals surface area contributed by atoms with Crippen molar-refractivity contribution in [3.05, 3.63) is 33.9 Å². The largest absolute Gasteiger partial charge is 0.384 e. The van der Waals surface area contributed by atoms with Crippen LogP contribution in [-0.2, 0) is 0 Å². The molecule has 19 heavy (non-hydrogen) atoms. The number of benzene rings is 1. The average Bonchev–Trinajstić information content (AvgIpc) is 3.19. The van der Waals surface area contributed by atoms with Gasteiger partial charge in [0.15, 0.2) is 0 Å². The minimum absolute atomic E-state index is 0.0667.